The fourth-order valence-corrected chi connectivity index (χ4v) is 3.68. The van der Waals surface area contributed by atoms with E-state index in [-0.39, 0.29) is 5.78 Å². The molecule has 3 nitrogen and oxygen atoms in total. The highest BCUT2D eigenvalue weighted by Crippen LogP contribution is 2.33. The van der Waals surface area contributed by atoms with E-state index in [0.29, 0.717) is 11.5 Å². The van der Waals surface area contributed by atoms with E-state index in [4.69, 9.17) is 9.47 Å². The number of aryl methyl sites for hydroxylation is 2. The summed E-state index contributed by atoms with van der Waals surface area (Å²) in [6.45, 7) is 0. The molecular formula is C23H20O3. The van der Waals surface area contributed by atoms with Crippen molar-refractivity contribution in [2.45, 2.75) is 12.8 Å². The Hall–Kier alpha value is -3.07. The van der Waals surface area contributed by atoms with Gasteiger partial charge in [-0.2, -0.15) is 0 Å². The number of benzene rings is 3. The largest absolute Gasteiger partial charge is 0.493 e. The summed E-state index contributed by atoms with van der Waals surface area (Å²) in [6, 6.07) is 15.9. The van der Waals surface area contributed by atoms with Gasteiger partial charge in [0.1, 0.15) is 0 Å². The van der Waals surface area contributed by atoms with Gasteiger partial charge in [-0.05, 0) is 58.5 Å². The first kappa shape index (κ1) is 16.4. The van der Waals surface area contributed by atoms with E-state index < -0.39 is 0 Å². The molecule has 4 rings (SSSR count). The summed E-state index contributed by atoms with van der Waals surface area (Å²) in [5, 5.41) is 2.32. The van der Waals surface area contributed by atoms with Crippen LogP contribution in [0.5, 0.6) is 11.5 Å². The molecule has 0 amide bonds. The molecule has 0 radical (unpaired) electrons. The molecule has 0 spiro atoms. The Morgan fingerprint density at radius 1 is 0.923 bits per heavy atom. The molecule has 0 saturated carbocycles. The van der Waals surface area contributed by atoms with Crippen LogP contribution in [0.4, 0.5) is 0 Å². The Kier molecular flexibility index (Phi) is 4.21. The lowest BCUT2D eigenvalue weighted by Crippen LogP contribution is -1.97. The molecule has 3 heteroatoms. The molecular weight excluding hydrogens is 324 g/mol. The lowest BCUT2D eigenvalue weighted by Gasteiger charge is -2.08. The van der Waals surface area contributed by atoms with E-state index in [1.54, 1.807) is 20.3 Å². The number of allylic oxidation sites excluding steroid dienone is 1. The average Bonchev–Trinajstić information content (AvgIpc) is 3.11. The van der Waals surface area contributed by atoms with E-state index in [9.17, 15) is 4.79 Å². The van der Waals surface area contributed by atoms with Crippen molar-refractivity contribution in [2.75, 3.05) is 14.2 Å². The second-order valence-electron chi connectivity index (χ2n) is 6.42. The molecule has 3 aromatic carbocycles. The van der Waals surface area contributed by atoms with Crippen molar-refractivity contribution in [3.8, 4) is 11.5 Å². The molecule has 26 heavy (non-hydrogen) atoms. The van der Waals surface area contributed by atoms with Crippen molar-refractivity contribution in [3.05, 3.63) is 76.9 Å². The molecule has 0 atom stereocenters. The highest BCUT2D eigenvalue weighted by atomic mass is 16.5. The smallest absolute Gasteiger partial charge is 0.186 e. The standard InChI is InChI=1S/C23H20O3/c1-25-21-13-7-15(14-22(21)26-2)6-12-20(24)18-11-10-17-9-8-16-4-3-5-19(18)23(16)17/h3-7,10-14H,8-9H2,1-2H3/b12-6-. The number of carbonyl (C=O) groups is 1. The summed E-state index contributed by atoms with van der Waals surface area (Å²) in [7, 11) is 3.20. The molecule has 1 aliphatic rings. The number of rotatable bonds is 5. The lowest BCUT2D eigenvalue weighted by molar-refractivity contribution is 0.104. The number of hydrogen-bond acceptors (Lipinski definition) is 3. The minimum absolute atomic E-state index is 0.00962. The maximum absolute atomic E-state index is 12.8. The normalized spacial score (nSPS) is 12.7. The van der Waals surface area contributed by atoms with Gasteiger partial charge in [-0.25, -0.2) is 0 Å². The second-order valence-corrected chi connectivity index (χ2v) is 6.42. The average molecular weight is 344 g/mol. The SMILES string of the molecule is COc1ccc(/C=C\C(=O)c2ccc3c4c(cccc24)CC3)cc1OC. The minimum atomic E-state index is 0.00962. The first-order valence-electron chi connectivity index (χ1n) is 8.69. The highest BCUT2D eigenvalue weighted by molar-refractivity contribution is 6.15. The van der Waals surface area contributed by atoms with E-state index in [1.807, 2.05) is 42.5 Å². The van der Waals surface area contributed by atoms with Gasteiger partial charge in [-0.1, -0.05) is 42.5 Å². The van der Waals surface area contributed by atoms with Gasteiger partial charge in [-0.3, -0.25) is 4.79 Å². The summed E-state index contributed by atoms with van der Waals surface area (Å²) in [6.07, 6.45) is 5.56. The number of ketones is 1. The van der Waals surface area contributed by atoms with Crippen molar-refractivity contribution in [3.63, 3.8) is 0 Å². The predicted octanol–water partition coefficient (Wildman–Crippen LogP) is 4.85. The van der Waals surface area contributed by atoms with Crippen LogP contribution in [0.25, 0.3) is 16.8 Å². The fraction of sp³-hybridized carbons (Fsp3) is 0.174. The van der Waals surface area contributed by atoms with E-state index in [0.717, 1.165) is 29.4 Å². The Labute approximate surface area is 152 Å². The van der Waals surface area contributed by atoms with Crippen molar-refractivity contribution in [1.29, 1.82) is 0 Å². The summed E-state index contributed by atoms with van der Waals surface area (Å²) >= 11 is 0. The van der Waals surface area contributed by atoms with Gasteiger partial charge in [-0.15, -0.1) is 0 Å². The summed E-state index contributed by atoms with van der Waals surface area (Å²) in [4.78, 5) is 12.8. The zero-order valence-electron chi connectivity index (χ0n) is 14.9. The molecule has 0 N–H and O–H groups in total. The Balaban J connectivity index is 1.67. The van der Waals surface area contributed by atoms with Crippen LogP contribution in [-0.4, -0.2) is 20.0 Å². The van der Waals surface area contributed by atoms with Gasteiger partial charge >= 0.3 is 0 Å². The summed E-state index contributed by atoms with van der Waals surface area (Å²) < 4.78 is 10.6. The van der Waals surface area contributed by atoms with Crippen LogP contribution >= 0.6 is 0 Å². The quantitative estimate of drug-likeness (QED) is 0.490. The van der Waals surface area contributed by atoms with Crippen LogP contribution in [0.15, 0.2) is 54.6 Å². The van der Waals surface area contributed by atoms with Crippen molar-refractivity contribution in [2.24, 2.45) is 0 Å². The van der Waals surface area contributed by atoms with Crippen LogP contribution in [-0.2, 0) is 12.8 Å². The first-order chi connectivity index (χ1) is 12.7. The molecule has 0 unspecified atom stereocenters. The van der Waals surface area contributed by atoms with Crippen LogP contribution in [0.1, 0.15) is 27.0 Å². The summed E-state index contributed by atoms with van der Waals surface area (Å²) in [5.41, 5.74) is 4.33. The molecule has 0 bridgehead atoms. The van der Waals surface area contributed by atoms with E-state index >= 15 is 0 Å². The molecule has 0 saturated heterocycles. The predicted molar refractivity (Wildman–Crippen MR) is 104 cm³/mol. The molecule has 0 aromatic heterocycles. The fourth-order valence-electron chi connectivity index (χ4n) is 3.68. The van der Waals surface area contributed by atoms with Crippen molar-refractivity contribution >= 4 is 22.6 Å². The molecule has 3 aromatic rings. The van der Waals surface area contributed by atoms with Crippen molar-refractivity contribution < 1.29 is 14.3 Å². The van der Waals surface area contributed by atoms with Gasteiger partial charge in [0.05, 0.1) is 14.2 Å². The molecule has 0 aliphatic heterocycles. The third kappa shape index (κ3) is 2.76. The molecule has 130 valence electrons. The van der Waals surface area contributed by atoms with Crippen LogP contribution < -0.4 is 9.47 Å². The van der Waals surface area contributed by atoms with E-state index in [1.165, 1.54) is 16.5 Å². The minimum Gasteiger partial charge on any atom is -0.493 e. The van der Waals surface area contributed by atoms with E-state index in [2.05, 4.69) is 12.1 Å². The number of carbonyl (C=O) groups excluding carboxylic acids is 1. The van der Waals surface area contributed by atoms with Gasteiger partial charge in [0.2, 0.25) is 0 Å². The van der Waals surface area contributed by atoms with Gasteiger partial charge in [0, 0.05) is 5.56 Å². The third-order valence-electron chi connectivity index (χ3n) is 4.98. The van der Waals surface area contributed by atoms with Gasteiger partial charge in [0.15, 0.2) is 17.3 Å². The van der Waals surface area contributed by atoms with Gasteiger partial charge < -0.3 is 9.47 Å². The van der Waals surface area contributed by atoms with Gasteiger partial charge in [0.25, 0.3) is 0 Å². The Morgan fingerprint density at radius 3 is 2.46 bits per heavy atom. The first-order valence-corrected chi connectivity index (χ1v) is 8.69. The molecule has 1 aliphatic carbocycles. The van der Waals surface area contributed by atoms with Crippen LogP contribution in [0.2, 0.25) is 0 Å². The number of methoxy groups -OCH3 is 2. The van der Waals surface area contributed by atoms with Crippen molar-refractivity contribution in [1.82, 2.24) is 0 Å². The van der Waals surface area contributed by atoms with Crippen LogP contribution in [0, 0.1) is 0 Å². The Morgan fingerprint density at radius 2 is 1.69 bits per heavy atom. The van der Waals surface area contributed by atoms with Crippen LogP contribution in [0.3, 0.4) is 0 Å². The third-order valence-corrected chi connectivity index (χ3v) is 4.98. The number of ether oxygens (including phenoxy) is 2. The maximum Gasteiger partial charge on any atom is 0.186 e. The lowest BCUT2D eigenvalue weighted by atomic mass is 9.97. The highest BCUT2D eigenvalue weighted by Gasteiger charge is 2.17. The topological polar surface area (TPSA) is 35.5 Å². The zero-order chi connectivity index (χ0) is 18.1. The zero-order valence-corrected chi connectivity index (χ0v) is 14.9. The monoisotopic (exact) mass is 344 g/mol. The molecule has 0 fully saturated rings. The molecule has 0 heterocycles. The summed E-state index contributed by atoms with van der Waals surface area (Å²) in [5.74, 6) is 1.33. The second kappa shape index (κ2) is 6.68. The number of hydrogen-bond donors (Lipinski definition) is 0. The Bertz CT molecular complexity index is 1020. The maximum atomic E-state index is 12.8.